The van der Waals surface area contributed by atoms with Gasteiger partial charge in [-0.3, -0.25) is 0 Å². The van der Waals surface area contributed by atoms with Gasteiger partial charge in [-0.05, 0) is 43.5 Å². The third-order valence-corrected chi connectivity index (χ3v) is 4.90. The molecule has 0 unspecified atom stereocenters. The first-order valence-corrected chi connectivity index (χ1v) is 7.80. The van der Waals surface area contributed by atoms with Crippen molar-refractivity contribution in [3.8, 4) is 0 Å². The number of benzene rings is 1. The molecule has 0 aromatic heterocycles. The van der Waals surface area contributed by atoms with E-state index in [4.69, 9.17) is 10.9 Å². The van der Waals surface area contributed by atoms with Gasteiger partial charge in [0.25, 0.3) is 0 Å². The van der Waals surface area contributed by atoms with Crippen LogP contribution in [0.1, 0.15) is 24.5 Å². The van der Waals surface area contributed by atoms with E-state index in [9.17, 15) is 8.42 Å². The van der Waals surface area contributed by atoms with Gasteiger partial charge in [0.15, 0.2) is 5.84 Å². The number of nitrogens with two attached hydrogens (primary N) is 1. The number of oxime groups is 1. The van der Waals surface area contributed by atoms with Crippen molar-refractivity contribution in [1.82, 2.24) is 4.31 Å². The minimum Gasteiger partial charge on any atom is -0.409 e. The zero-order valence-electron chi connectivity index (χ0n) is 12.0. The molecule has 0 saturated heterocycles. The Labute approximate surface area is 119 Å². The summed E-state index contributed by atoms with van der Waals surface area (Å²) in [4.78, 5) is 0.222. The van der Waals surface area contributed by atoms with E-state index >= 15 is 0 Å². The molecule has 0 fully saturated rings. The van der Waals surface area contributed by atoms with Gasteiger partial charge in [0.2, 0.25) is 10.0 Å². The molecule has 0 bridgehead atoms. The Morgan fingerprint density at radius 3 is 2.50 bits per heavy atom. The van der Waals surface area contributed by atoms with Crippen LogP contribution in [0.15, 0.2) is 28.3 Å². The zero-order valence-corrected chi connectivity index (χ0v) is 12.8. The summed E-state index contributed by atoms with van der Waals surface area (Å²) < 4.78 is 26.4. The van der Waals surface area contributed by atoms with Crippen LogP contribution in [0.4, 0.5) is 0 Å². The molecule has 0 aliphatic carbocycles. The van der Waals surface area contributed by atoms with Crippen molar-refractivity contribution in [2.45, 2.75) is 32.1 Å². The second-order valence-electron chi connectivity index (χ2n) is 4.68. The summed E-state index contributed by atoms with van der Waals surface area (Å²) in [6, 6.07) is 4.99. The molecule has 1 aromatic rings. The molecule has 112 valence electrons. The monoisotopic (exact) mass is 299 g/mol. The fourth-order valence-electron chi connectivity index (χ4n) is 1.77. The van der Waals surface area contributed by atoms with Crippen molar-refractivity contribution >= 4 is 15.9 Å². The maximum absolute atomic E-state index is 12.6. The summed E-state index contributed by atoms with van der Waals surface area (Å²) in [6.07, 6.45) is 0.642. The molecule has 3 N–H and O–H groups in total. The quantitative estimate of drug-likeness (QED) is 0.359. The van der Waals surface area contributed by atoms with E-state index in [2.05, 4.69) is 5.16 Å². The second-order valence-corrected chi connectivity index (χ2v) is 6.61. The van der Waals surface area contributed by atoms with Crippen LogP contribution < -0.4 is 5.73 Å². The standard InChI is InChI=1S/C13H21N3O3S/c1-4-7-16(9-13(14)15-17)20(18,19)12-6-5-10(2)11(3)8-12/h5-6,8,17H,4,7,9H2,1-3H3,(H2,14,15). The van der Waals surface area contributed by atoms with Crippen molar-refractivity contribution in [2.75, 3.05) is 13.1 Å². The predicted molar refractivity (Wildman–Crippen MR) is 78.4 cm³/mol. The van der Waals surface area contributed by atoms with Crippen LogP contribution >= 0.6 is 0 Å². The number of hydrogen-bond donors (Lipinski definition) is 2. The topological polar surface area (TPSA) is 96.0 Å². The van der Waals surface area contributed by atoms with Gasteiger partial charge in [0.1, 0.15) is 0 Å². The van der Waals surface area contributed by atoms with E-state index in [1.54, 1.807) is 18.2 Å². The molecule has 6 nitrogen and oxygen atoms in total. The Kier molecular flexibility index (Phi) is 5.52. The maximum atomic E-state index is 12.6. The lowest BCUT2D eigenvalue weighted by Gasteiger charge is -2.21. The average molecular weight is 299 g/mol. The number of hydrogen-bond acceptors (Lipinski definition) is 4. The molecule has 1 rings (SSSR count). The van der Waals surface area contributed by atoms with Crippen LogP contribution in [0.25, 0.3) is 0 Å². The smallest absolute Gasteiger partial charge is 0.243 e. The highest BCUT2D eigenvalue weighted by molar-refractivity contribution is 7.89. The fraction of sp³-hybridized carbons (Fsp3) is 0.462. The predicted octanol–water partition coefficient (Wildman–Crippen LogP) is 1.45. The summed E-state index contributed by atoms with van der Waals surface area (Å²) in [5, 5.41) is 11.4. The summed E-state index contributed by atoms with van der Waals surface area (Å²) in [7, 11) is -3.65. The molecule has 0 radical (unpaired) electrons. The third-order valence-electron chi connectivity index (χ3n) is 3.06. The summed E-state index contributed by atoms with van der Waals surface area (Å²) >= 11 is 0. The fourth-order valence-corrected chi connectivity index (χ4v) is 3.36. The minimum atomic E-state index is -3.65. The molecule has 1 aromatic carbocycles. The summed E-state index contributed by atoms with van der Waals surface area (Å²) in [5.74, 6) is -0.133. The third kappa shape index (κ3) is 3.71. The van der Waals surface area contributed by atoms with Gasteiger partial charge in [-0.1, -0.05) is 18.1 Å². The first-order chi connectivity index (χ1) is 9.32. The number of nitrogens with zero attached hydrogens (tertiary/aromatic N) is 2. The molecule has 0 aliphatic rings. The molecule has 0 atom stereocenters. The number of sulfonamides is 1. The molecule has 0 aliphatic heterocycles. The molecule has 20 heavy (non-hydrogen) atoms. The van der Waals surface area contributed by atoms with Crippen molar-refractivity contribution in [1.29, 1.82) is 0 Å². The second kappa shape index (κ2) is 6.71. The molecular weight excluding hydrogens is 278 g/mol. The van der Waals surface area contributed by atoms with E-state index in [0.29, 0.717) is 13.0 Å². The lowest BCUT2D eigenvalue weighted by Crippen LogP contribution is -2.39. The minimum absolute atomic E-state index is 0.125. The Morgan fingerprint density at radius 1 is 1.35 bits per heavy atom. The van der Waals surface area contributed by atoms with E-state index in [0.717, 1.165) is 11.1 Å². The maximum Gasteiger partial charge on any atom is 0.243 e. The van der Waals surface area contributed by atoms with Gasteiger partial charge < -0.3 is 10.9 Å². The van der Waals surface area contributed by atoms with Crippen molar-refractivity contribution in [3.05, 3.63) is 29.3 Å². The van der Waals surface area contributed by atoms with Gasteiger partial charge in [-0.25, -0.2) is 8.42 Å². The Bertz CT molecular complexity index is 597. The van der Waals surface area contributed by atoms with Crippen LogP contribution in [-0.4, -0.2) is 36.9 Å². The Hall–Kier alpha value is -1.60. The van der Waals surface area contributed by atoms with E-state index in [-0.39, 0.29) is 17.3 Å². The van der Waals surface area contributed by atoms with Crippen LogP contribution in [-0.2, 0) is 10.0 Å². The van der Waals surface area contributed by atoms with E-state index < -0.39 is 10.0 Å². The van der Waals surface area contributed by atoms with Gasteiger partial charge >= 0.3 is 0 Å². The number of rotatable bonds is 6. The Morgan fingerprint density at radius 2 is 2.00 bits per heavy atom. The normalized spacial score (nSPS) is 12.9. The van der Waals surface area contributed by atoms with Crippen LogP contribution in [0, 0.1) is 13.8 Å². The van der Waals surface area contributed by atoms with Crippen LogP contribution in [0.5, 0.6) is 0 Å². The first kappa shape index (κ1) is 16.5. The lowest BCUT2D eigenvalue weighted by atomic mass is 10.1. The molecule has 0 amide bonds. The summed E-state index contributed by atoms with van der Waals surface area (Å²) in [5.41, 5.74) is 7.37. The average Bonchev–Trinajstić information content (AvgIpc) is 2.40. The highest BCUT2D eigenvalue weighted by atomic mass is 32.2. The number of amidine groups is 1. The largest absolute Gasteiger partial charge is 0.409 e. The highest BCUT2D eigenvalue weighted by Gasteiger charge is 2.25. The highest BCUT2D eigenvalue weighted by Crippen LogP contribution is 2.19. The zero-order chi connectivity index (χ0) is 15.3. The lowest BCUT2D eigenvalue weighted by molar-refractivity contribution is 0.314. The van der Waals surface area contributed by atoms with E-state index in [1.165, 1.54) is 4.31 Å². The molecular formula is C13H21N3O3S. The van der Waals surface area contributed by atoms with Gasteiger partial charge in [0, 0.05) is 6.54 Å². The van der Waals surface area contributed by atoms with Crippen LogP contribution in [0.2, 0.25) is 0 Å². The van der Waals surface area contributed by atoms with Crippen molar-refractivity contribution in [3.63, 3.8) is 0 Å². The van der Waals surface area contributed by atoms with E-state index in [1.807, 2.05) is 20.8 Å². The van der Waals surface area contributed by atoms with Gasteiger partial charge in [0.05, 0.1) is 11.4 Å². The Balaban J connectivity index is 3.18. The summed E-state index contributed by atoms with van der Waals surface area (Å²) in [6.45, 7) is 5.84. The molecule has 0 heterocycles. The molecule has 0 spiro atoms. The van der Waals surface area contributed by atoms with Crippen LogP contribution in [0.3, 0.4) is 0 Å². The van der Waals surface area contributed by atoms with Gasteiger partial charge in [-0.15, -0.1) is 0 Å². The van der Waals surface area contributed by atoms with Gasteiger partial charge in [-0.2, -0.15) is 4.31 Å². The molecule has 0 saturated carbocycles. The van der Waals surface area contributed by atoms with Crippen molar-refractivity contribution in [2.24, 2.45) is 10.9 Å². The SMILES string of the molecule is CCCN(CC(N)=NO)S(=O)(=O)c1ccc(C)c(C)c1. The van der Waals surface area contributed by atoms with Crippen molar-refractivity contribution < 1.29 is 13.6 Å². The number of aryl methyl sites for hydroxylation is 2. The first-order valence-electron chi connectivity index (χ1n) is 6.36. The molecule has 7 heteroatoms.